The number of rotatable bonds is 5. The second kappa shape index (κ2) is 6.36. The normalized spacial score (nSPS) is 12.8. The number of carbonyl (C=O) groups is 2. The van der Waals surface area contributed by atoms with Crippen molar-refractivity contribution in [1.29, 1.82) is 0 Å². The summed E-state index contributed by atoms with van der Waals surface area (Å²) < 4.78 is 11.6. The molecule has 1 rings (SSSR count). The summed E-state index contributed by atoms with van der Waals surface area (Å²) in [6.45, 7) is 7.31. The van der Waals surface area contributed by atoms with Crippen molar-refractivity contribution in [3.63, 3.8) is 0 Å². The Labute approximate surface area is 112 Å². The third kappa shape index (κ3) is 5.11. The summed E-state index contributed by atoms with van der Waals surface area (Å²) in [5.74, 6) is -0.946. The maximum Gasteiger partial charge on any atom is 0.332 e. The van der Waals surface area contributed by atoms with Crippen molar-refractivity contribution in [3.05, 3.63) is 18.5 Å². The first-order valence-electron chi connectivity index (χ1n) is 6.21. The van der Waals surface area contributed by atoms with Crippen LogP contribution in [0.1, 0.15) is 40.2 Å². The summed E-state index contributed by atoms with van der Waals surface area (Å²) in [6.07, 6.45) is 3.07. The molecule has 0 aliphatic heterocycles. The molecule has 1 unspecified atom stereocenters. The van der Waals surface area contributed by atoms with Crippen LogP contribution in [0.15, 0.2) is 18.5 Å². The molecule has 0 saturated heterocycles. The van der Waals surface area contributed by atoms with Crippen LogP contribution in [0.2, 0.25) is 0 Å². The molecule has 1 atom stereocenters. The smallest absolute Gasteiger partial charge is 0.332 e. The molecule has 6 heteroatoms. The second-order valence-corrected chi connectivity index (χ2v) is 5.04. The van der Waals surface area contributed by atoms with E-state index < -0.39 is 23.6 Å². The SMILES string of the molecule is CCOC(=O)CC(C(=O)OC(C)(C)C)n1cccn1. The summed E-state index contributed by atoms with van der Waals surface area (Å²) in [6, 6.07) is 0.885. The van der Waals surface area contributed by atoms with Gasteiger partial charge in [0.1, 0.15) is 5.60 Å². The van der Waals surface area contributed by atoms with Gasteiger partial charge in [-0.2, -0.15) is 5.10 Å². The Morgan fingerprint density at radius 1 is 1.37 bits per heavy atom. The van der Waals surface area contributed by atoms with Crippen molar-refractivity contribution in [2.45, 2.75) is 45.8 Å². The molecule has 6 nitrogen and oxygen atoms in total. The monoisotopic (exact) mass is 268 g/mol. The Hall–Kier alpha value is -1.85. The summed E-state index contributed by atoms with van der Waals surface area (Å²) >= 11 is 0. The van der Waals surface area contributed by atoms with Crippen molar-refractivity contribution in [2.75, 3.05) is 6.61 Å². The van der Waals surface area contributed by atoms with Crippen molar-refractivity contribution in [3.8, 4) is 0 Å². The van der Waals surface area contributed by atoms with Gasteiger partial charge >= 0.3 is 11.9 Å². The van der Waals surface area contributed by atoms with E-state index in [4.69, 9.17) is 9.47 Å². The largest absolute Gasteiger partial charge is 0.466 e. The number of ether oxygens (including phenoxy) is 2. The van der Waals surface area contributed by atoms with Crippen LogP contribution in [0.25, 0.3) is 0 Å². The molecule has 0 fully saturated rings. The van der Waals surface area contributed by atoms with E-state index >= 15 is 0 Å². The van der Waals surface area contributed by atoms with E-state index in [0.717, 1.165) is 0 Å². The van der Waals surface area contributed by atoms with Crippen LogP contribution in [-0.2, 0) is 19.1 Å². The maximum atomic E-state index is 12.1. The summed E-state index contributed by atoms with van der Waals surface area (Å²) in [5.41, 5.74) is -0.614. The predicted molar refractivity (Wildman–Crippen MR) is 68.4 cm³/mol. The van der Waals surface area contributed by atoms with Crippen LogP contribution in [0.4, 0.5) is 0 Å². The average Bonchev–Trinajstić information content (AvgIpc) is 2.76. The van der Waals surface area contributed by atoms with Gasteiger partial charge in [0.25, 0.3) is 0 Å². The van der Waals surface area contributed by atoms with Crippen LogP contribution in [-0.4, -0.2) is 33.9 Å². The first-order chi connectivity index (χ1) is 8.83. The highest BCUT2D eigenvalue weighted by Gasteiger charge is 2.29. The van der Waals surface area contributed by atoms with Gasteiger partial charge in [-0.05, 0) is 33.8 Å². The Morgan fingerprint density at radius 3 is 2.53 bits per heavy atom. The molecule has 106 valence electrons. The highest BCUT2D eigenvalue weighted by molar-refractivity contribution is 5.81. The van der Waals surface area contributed by atoms with Crippen molar-refractivity contribution >= 4 is 11.9 Å². The van der Waals surface area contributed by atoms with Gasteiger partial charge in [-0.15, -0.1) is 0 Å². The number of esters is 2. The molecule has 1 aromatic rings. The third-order valence-corrected chi connectivity index (χ3v) is 2.19. The highest BCUT2D eigenvalue weighted by Crippen LogP contribution is 2.18. The molecule has 0 radical (unpaired) electrons. The number of aromatic nitrogens is 2. The first kappa shape index (κ1) is 15.2. The third-order valence-electron chi connectivity index (χ3n) is 2.19. The summed E-state index contributed by atoms with van der Waals surface area (Å²) in [7, 11) is 0. The van der Waals surface area contributed by atoms with E-state index in [9.17, 15) is 9.59 Å². The van der Waals surface area contributed by atoms with Crippen LogP contribution in [0.3, 0.4) is 0 Å². The van der Waals surface area contributed by atoms with Crippen molar-refractivity contribution in [2.24, 2.45) is 0 Å². The zero-order valence-electron chi connectivity index (χ0n) is 11.8. The minimum absolute atomic E-state index is 0.0928. The molecule has 0 bridgehead atoms. The van der Waals surface area contributed by atoms with Gasteiger partial charge in [0.15, 0.2) is 6.04 Å². The second-order valence-electron chi connectivity index (χ2n) is 5.04. The zero-order chi connectivity index (χ0) is 14.5. The van der Waals surface area contributed by atoms with Gasteiger partial charge in [-0.1, -0.05) is 0 Å². The average molecular weight is 268 g/mol. The van der Waals surface area contributed by atoms with E-state index in [1.165, 1.54) is 4.68 Å². The molecule has 0 spiro atoms. The number of hydrogen-bond donors (Lipinski definition) is 0. The van der Waals surface area contributed by atoms with Gasteiger partial charge in [0, 0.05) is 12.4 Å². The van der Waals surface area contributed by atoms with Gasteiger partial charge in [0.05, 0.1) is 13.0 Å². The molecular formula is C13H20N2O4. The van der Waals surface area contributed by atoms with Crippen molar-refractivity contribution < 1.29 is 19.1 Å². The molecule has 0 aromatic carbocycles. The molecule has 0 amide bonds. The molecule has 1 heterocycles. The number of hydrogen-bond acceptors (Lipinski definition) is 5. The molecule has 0 aliphatic carbocycles. The minimum atomic E-state index is -0.798. The fourth-order valence-corrected chi connectivity index (χ4v) is 1.50. The molecule has 1 aromatic heterocycles. The van der Waals surface area contributed by atoms with Crippen LogP contribution in [0.5, 0.6) is 0 Å². The van der Waals surface area contributed by atoms with E-state index in [2.05, 4.69) is 5.10 Å². The Morgan fingerprint density at radius 2 is 2.05 bits per heavy atom. The van der Waals surface area contributed by atoms with Gasteiger partial charge in [-0.25, -0.2) is 4.79 Å². The fraction of sp³-hybridized carbons (Fsp3) is 0.615. The summed E-state index contributed by atoms with van der Waals surface area (Å²) in [4.78, 5) is 23.7. The highest BCUT2D eigenvalue weighted by atomic mass is 16.6. The van der Waals surface area contributed by atoms with Crippen molar-refractivity contribution in [1.82, 2.24) is 9.78 Å². The van der Waals surface area contributed by atoms with Crippen LogP contribution in [0, 0.1) is 0 Å². The fourth-order valence-electron chi connectivity index (χ4n) is 1.50. The lowest BCUT2D eigenvalue weighted by Gasteiger charge is -2.23. The standard InChI is InChI=1S/C13H20N2O4/c1-5-18-11(16)9-10(15-8-6-7-14-15)12(17)19-13(2,3)4/h6-8,10H,5,9H2,1-4H3. The number of carbonyl (C=O) groups excluding carboxylic acids is 2. The van der Waals surface area contributed by atoms with Crippen LogP contribution < -0.4 is 0 Å². The number of nitrogens with zero attached hydrogens (tertiary/aromatic N) is 2. The Kier molecular flexibility index (Phi) is 5.09. The molecule has 0 saturated carbocycles. The van der Waals surface area contributed by atoms with Gasteiger partial charge in [0.2, 0.25) is 0 Å². The predicted octanol–water partition coefficient (Wildman–Crippen LogP) is 1.72. The van der Waals surface area contributed by atoms with E-state index in [0.29, 0.717) is 0 Å². The quantitative estimate of drug-likeness (QED) is 0.760. The first-order valence-corrected chi connectivity index (χ1v) is 6.21. The van der Waals surface area contributed by atoms with Crippen LogP contribution >= 0.6 is 0 Å². The topological polar surface area (TPSA) is 70.4 Å². The lowest BCUT2D eigenvalue weighted by molar-refractivity contribution is -0.163. The van der Waals surface area contributed by atoms with Gasteiger partial charge < -0.3 is 9.47 Å². The molecule has 0 aliphatic rings. The molecule has 19 heavy (non-hydrogen) atoms. The zero-order valence-corrected chi connectivity index (χ0v) is 11.8. The van der Waals surface area contributed by atoms with Gasteiger partial charge in [-0.3, -0.25) is 9.48 Å². The van der Waals surface area contributed by atoms with E-state index in [-0.39, 0.29) is 13.0 Å². The Balaban J connectivity index is 2.81. The lowest BCUT2D eigenvalue weighted by atomic mass is 10.1. The molecule has 0 N–H and O–H groups in total. The minimum Gasteiger partial charge on any atom is -0.466 e. The summed E-state index contributed by atoms with van der Waals surface area (Å²) in [5, 5.41) is 3.99. The Bertz CT molecular complexity index is 420. The molecular weight excluding hydrogens is 248 g/mol. The lowest BCUT2D eigenvalue weighted by Crippen LogP contribution is -2.32. The van der Waals surface area contributed by atoms with E-state index in [1.54, 1.807) is 46.2 Å². The van der Waals surface area contributed by atoms with E-state index in [1.807, 2.05) is 0 Å². The maximum absolute atomic E-state index is 12.1.